The Labute approximate surface area is 111 Å². The van der Waals surface area contributed by atoms with Crippen molar-refractivity contribution in [3.63, 3.8) is 0 Å². The van der Waals surface area contributed by atoms with Crippen molar-refractivity contribution >= 4 is 11.9 Å². The molecule has 6 nitrogen and oxygen atoms in total. The van der Waals surface area contributed by atoms with Crippen LogP contribution >= 0.6 is 0 Å². The van der Waals surface area contributed by atoms with Gasteiger partial charge in [0.25, 0.3) is 5.91 Å². The van der Waals surface area contributed by atoms with Crippen LogP contribution in [0.2, 0.25) is 0 Å². The zero-order chi connectivity index (χ0) is 14.0. The number of hydrogen-bond acceptors (Lipinski definition) is 4. The van der Waals surface area contributed by atoms with E-state index in [1.165, 1.54) is 6.92 Å². The zero-order valence-corrected chi connectivity index (χ0v) is 11.1. The first-order valence-corrected chi connectivity index (χ1v) is 6.49. The molecule has 19 heavy (non-hydrogen) atoms. The number of aromatic nitrogens is 1. The number of rotatable bonds is 6. The maximum atomic E-state index is 12.0. The third-order valence-electron chi connectivity index (χ3n) is 3.35. The summed E-state index contributed by atoms with van der Waals surface area (Å²) in [6.07, 6.45) is 3.13. The van der Waals surface area contributed by atoms with Crippen molar-refractivity contribution in [1.82, 2.24) is 10.5 Å². The molecule has 1 aliphatic carbocycles. The Hall–Kier alpha value is -1.85. The van der Waals surface area contributed by atoms with Crippen LogP contribution in [0.4, 0.5) is 0 Å². The summed E-state index contributed by atoms with van der Waals surface area (Å²) in [7, 11) is 0. The molecule has 1 aliphatic rings. The highest BCUT2D eigenvalue weighted by molar-refractivity contribution is 5.96. The van der Waals surface area contributed by atoms with Crippen LogP contribution in [0.25, 0.3) is 0 Å². The average molecular weight is 266 g/mol. The van der Waals surface area contributed by atoms with Crippen LogP contribution < -0.4 is 5.32 Å². The number of aliphatic carboxylic acids is 1. The summed E-state index contributed by atoms with van der Waals surface area (Å²) < 4.78 is 5.09. The first-order valence-electron chi connectivity index (χ1n) is 6.49. The third kappa shape index (κ3) is 2.94. The molecule has 1 heterocycles. The van der Waals surface area contributed by atoms with E-state index in [1.54, 1.807) is 6.07 Å². The van der Waals surface area contributed by atoms with Gasteiger partial charge in [-0.1, -0.05) is 18.5 Å². The van der Waals surface area contributed by atoms with E-state index >= 15 is 0 Å². The van der Waals surface area contributed by atoms with Crippen LogP contribution in [-0.4, -0.2) is 27.7 Å². The number of amides is 1. The molecule has 0 bridgehead atoms. The Balaban J connectivity index is 2.07. The topological polar surface area (TPSA) is 92.4 Å². The molecular formula is C13H18N2O4. The van der Waals surface area contributed by atoms with Crippen molar-refractivity contribution in [2.24, 2.45) is 0 Å². The Morgan fingerprint density at radius 2 is 2.26 bits per heavy atom. The summed E-state index contributed by atoms with van der Waals surface area (Å²) in [5, 5.41) is 15.4. The molecule has 1 atom stereocenters. The molecule has 1 fully saturated rings. The number of carboxylic acids is 1. The van der Waals surface area contributed by atoms with E-state index in [0.717, 1.165) is 12.8 Å². The SMILES string of the molecule is CCCC(C)(NC(=O)c1cc(C2CC2)on1)C(=O)O. The van der Waals surface area contributed by atoms with Gasteiger partial charge in [0.1, 0.15) is 11.3 Å². The molecule has 1 aromatic rings. The lowest BCUT2D eigenvalue weighted by atomic mass is 9.96. The van der Waals surface area contributed by atoms with E-state index in [9.17, 15) is 14.7 Å². The molecule has 1 amide bonds. The van der Waals surface area contributed by atoms with Crippen molar-refractivity contribution in [2.45, 2.75) is 51.0 Å². The van der Waals surface area contributed by atoms with Crippen LogP contribution in [0.15, 0.2) is 10.6 Å². The van der Waals surface area contributed by atoms with Gasteiger partial charge >= 0.3 is 5.97 Å². The van der Waals surface area contributed by atoms with Crippen molar-refractivity contribution in [1.29, 1.82) is 0 Å². The fourth-order valence-electron chi connectivity index (χ4n) is 1.99. The molecular weight excluding hydrogens is 248 g/mol. The second kappa shape index (κ2) is 5.03. The van der Waals surface area contributed by atoms with E-state index in [-0.39, 0.29) is 5.69 Å². The van der Waals surface area contributed by atoms with Crippen LogP contribution in [-0.2, 0) is 4.79 Å². The normalized spacial score (nSPS) is 17.8. The van der Waals surface area contributed by atoms with E-state index in [2.05, 4.69) is 10.5 Å². The van der Waals surface area contributed by atoms with E-state index in [1.807, 2.05) is 6.92 Å². The molecule has 2 N–H and O–H groups in total. The average Bonchev–Trinajstić information content (AvgIpc) is 3.07. The summed E-state index contributed by atoms with van der Waals surface area (Å²) in [5.41, 5.74) is -1.13. The van der Waals surface area contributed by atoms with Crippen LogP contribution in [0.3, 0.4) is 0 Å². The van der Waals surface area contributed by atoms with Crippen molar-refractivity contribution in [3.8, 4) is 0 Å². The standard InChI is InChI=1S/C13H18N2O4/c1-3-6-13(2,12(17)18)14-11(16)9-7-10(19-15-9)8-4-5-8/h7-8H,3-6H2,1-2H3,(H,14,16)(H,17,18). The molecule has 1 aromatic heterocycles. The number of carbonyl (C=O) groups excluding carboxylic acids is 1. The van der Waals surface area contributed by atoms with E-state index in [4.69, 9.17) is 4.52 Å². The van der Waals surface area contributed by atoms with Crippen molar-refractivity contribution in [3.05, 3.63) is 17.5 Å². The molecule has 0 saturated heterocycles. The minimum absolute atomic E-state index is 0.144. The first-order chi connectivity index (χ1) is 8.96. The summed E-state index contributed by atoms with van der Waals surface area (Å²) >= 11 is 0. The van der Waals surface area contributed by atoms with Gasteiger partial charge in [-0.15, -0.1) is 0 Å². The third-order valence-corrected chi connectivity index (χ3v) is 3.35. The largest absolute Gasteiger partial charge is 0.480 e. The number of hydrogen-bond donors (Lipinski definition) is 2. The predicted octanol–water partition coefficient (Wildman–Crippen LogP) is 1.93. The highest BCUT2D eigenvalue weighted by Crippen LogP contribution is 2.40. The van der Waals surface area contributed by atoms with Gasteiger partial charge < -0.3 is 14.9 Å². The first kappa shape index (κ1) is 13.6. The van der Waals surface area contributed by atoms with Gasteiger partial charge in [-0.25, -0.2) is 4.79 Å². The Morgan fingerprint density at radius 1 is 1.58 bits per heavy atom. The number of nitrogens with one attached hydrogen (secondary N) is 1. The number of carboxylic acid groups (broad SMARTS) is 1. The van der Waals surface area contributed by atoms with Crippen molar-refractivity contribution < 1.29 is 19.2 Å². The van der Waals surface area contributed by atoms with Gasteiger partial charge in [0.2, 0.25) is 0 Å². The number of carbonyl (C=O) groups is 2. The van der Waals surface area contributed by atoms with Gasteiger partial charge in [0.15, 0.2) is 5.69 Å². The maximum absolute atomic E-state index is 12.0. The minimum Gasteiger partial charge on any atom is -0.480 e. The molecule has 0 aromatic carbocycles. The molecule has 1 saturated carbocycles. The quantitative estimate of drug-likeness (QED) is 0.820. The molecule has 0 aliphatic heterocycles. The summed E-state index contributed by atoms with van der Waals surface area (Å²) in [5.74, 6) is -0.476. The van der Waals surface area contributed by atoms with Gasteiger partial charge in [-0.3, -0.25) is 4.79 Å². The van der Waals surface area contributed by atoms with Gasteiger partial charge in [-0.05, 0) is 26.2 Å². The second-order valence-corrected chi connectivity index (χ2v) is 5.23. The Bertz CT molecular complexity index is 493. The van der Waals surface area contributed by atoms with Crippen molar-refractivity contribution in [2.75, 3.05) is 0 Å². The maximum Gasteiger partial charge on any atom is 0.329 e. The monoisotopic (exact) mass is 266 g/mol. The Morgan fingerprint density at radius 3 is 2.79 bits per heavy atom. The highest BCUT2D eigenvalue weighted by atomic mass is 16.5. The second-order valence-electron chi connectivity index (χ2n) is 5.23. The summed E-state index contributed by atoms with van der Waals surface area (Å²) in [6.45, 7) is 3.37. The fraction of sp³-hybridized carbons (Fsp3) is 0.615. The molecule has 104 valence electrons. The van der Waals surface area contributed by atoms with Crippen LogP contribution in [0.5, 0.6) is 0 Å². The molecule has 6 heteroatoms. The van der Waals surface area contributed by atoms with E-state index < -0.39 is 17.4 Å². The van der Waals surface area contributed by atoms with Crippen LogP contribution in [0, 0.1) is 0 Å². The zero-order valence-electron chi connectivity index (χ0n) is 11.1. The summed E-state index contributed by atoms with van der Waals surface area (Å²) in [6, 6.07) is 1.60. The molecule has 0 radical (unpaired) electrons. The van der Waals surface area contributed by atoms with Gasteiger partial charge in [0, 0.05) is 12.0 Å². The molecule has 0 spiro atoms. The lowest BCUT2D eigenvalue weighted by Gasteiger charge is -2.25. The summed E-state index contributed by atoms with van der Waals surface area (Å²) in [4.78, 5) is 23.2. The van der Waals surface area contributed by atoms with Crippen LogP contribution in [0.1, 0.15) is 61.7 Å². The highest BCUT2D eigenvalue weighted by Gasteiger charge is 2.35. The lowest BCUT2D eigenvalue weighted by Crippen LogP contribution is -2.52. The lowest BCUT2D eigenvalue weighted by molar-refractivity contribution is -0.144. The Kier molecular flexibility index (Phi) is 3.59. The van der Waals surface area contributed by atoms with Gasteiger partial charge in [0.05, 0.1) is 0 Å². The van der Waals surface area contributed by atoms with E-state index in [0.29, 0.717) is 24.5 Å². The molecule has 1 unspecified atom stereocenters. The predicted molar refractivity (Wildman–Crippen MR) is 66.9 cm³/mol. The smallest absolute Gasteiger partial charge is 0.329 e. The fourth-order valence-corrected chi connectivity index (χ4v) is 1.99. The minimum atomic E-state index is -1.27. The van der Waals surface area contributed by atoms with Gasteiger partial charge in [-0.2, -0.15) is 0 Å². The number of nitrogens with zero attached hydrogens (tertiary/aromatic N) is 1. The molecule has 2 rings (SSSR count).